The van der Waals surface area contributed by atoms with Crippen LogP contribution in [0.15, 0.2) is 0 Å². The molecule has 1 aliphatic rings. The van der Waals surface area contributed by atoms with Crippen molar-refractivity contribution >= 4 is 12.1 Å². The molecule has 1 rings (SSSR count). The van der Waals surface area contributed by atoms with Crippen LogP contribution in [-0.2, 0) is 14.3 Å². The van der Waals surface area contributed by atoms with Gasteiger partial charge in [0.05, 0.1) is 12.0 Å². The van der Waals surface area contributed by atoms with Gasteiger partial charge in [-0.15, -0.1) is 0 Å². The molecular formula is C15H27NO4. The first-order chi connectivity index (χ1) is 9.29. The first-order valence-corrected chi connectivity index (χ1v) is 7.43. The molecule has 0 spiro atoms. The number of carbonyl (C=O) groups excluding carboxylic acids is 2. The quantitative estimate of drug-likeness (QED) is 0.806. The summed E-state index contributed by atoms with van der Waals surface area (Å²) in [5, 5.41) is 2.73. The van der Waals surface area contributed by atoms with Crippen molar-refractivity contribution in [3.05, 3.63) is 0 Å². The van der Waals surface area contributed by atoms with E-state index < -0.39 is 17.1 Å². The van der Waals surface area contributed by atoms with Crippen molar-refractivity contribution < 1.29 is 19.1 Å². The number of hydrogen-bond acceptors (Lipinski definition) is 4. The minimum Gasteiger partial charge on any atom is -0.466 e. The highest BCUT2D eigenvalue weighted by molar-refractivity contribution is 5.78. The molecule has 1 amide bonds. The maximum Gasteiger partial charge on any atom is 0.407 e. The summed E-state index contributed by atoms with van der Waals surface area (Å²) >= 11 is 0. The summed E-state index contributed by atoms with van der Waals surface area (Å²) in [6.07, 6.45) is 4.17. The fourth-order valence-electron chi connectivity index (χ4n) is 2.52. The SMILES string of the molecule is CCOC(=O)C1(CNC(=O)OC(C)(C)C)CCCCC1. The molecular weight excluding hydrogens is 258 g/mol. The fraction of sp³-hybridized carbons (Fsp3) is 0.867. The topological polar surface area (TPSA) is 64.6 Å². The molecule has 0 aliphatic heterocycles. The molecule has 0 aromatic rings. The fourth-order valence-corrected chi connectivity index (χ4v) is 2.52. The van der Waals surface area contributed by atoms with Crippen molar-refractivity contribution in [3.8, 4) is 0 Å². The van der Waals surface area contributed by atoms with Gasteiger partial charge in [0.25, 0.3) is 0 Å². The van der Waals surface area contributed by atoms with E-state index in [9.17, 15) is 9.59 Å². The minimum absolute atomic E-state index is 0.198. The van der Waals surface area contributed by atoms with Crippen molar-refractivity contribution in [1.29, 1.82) is 0 Å². The van der Waals surface area contributed by atoms with Crippen LogP contribution in [0.4, 0.5) is 4.79 Å². The number of ether oxygens (including phenoxy) is 2. The third kappa shape index (κ3) is 5.02. The molecule has 0 bridgehead atoms. The van der Waals surface area contributed by atoms with Gasteiger partial charge in [-0.3, -0.25) is 4.79 Å². The van der Waals surface area contributed by atoms with Gasteiger partial charge in [0.1, 0.15) is 5.60 Å². The highest BCUT2D eigenvalue weighted by Crippen LogP contribution is 2.37. The monoisotopic (exact) mass is 285 g/mol. The molecule has 0 heterocycles. The average molecular weight is 285 g/mol. The Morgan fingerprint density at radius 3 is 2.25 bits per heavy atom. The summed E-state index contributed by atoms with van der Waals surface area (Å²) in [5.41, 5.74) is -1.11. The van der Waals surface area contributed by atoms with Crippen molar-refractivity contribution in [2.75, 3.05) is 13.2 Å². The molecule has 0 aromatic carbocycles. The van der Waals surface area contributed by atoms with Crippen molar-refractivity contribution in [3.63, 3.8) is 0 Å². The van der Waals surface area contributed by atoms with Crippen molar-refractivity contribution in [1.82, 2.24) is 5.32 Å². The van der Waals surface area contributed by atoms with E-state index in [1.165, 1.54) is 0 Å². The van der Waals surface area contributed by atoms with E-state index in [1.54, 1.807) is 6.92 Å². The van der Waals surface area contributed by atoms with Crippen molar-refractivity contribution in [2.45, 2.75) is 65.4 Å². The summed E-state index contributed by atoms with van der Waals surface area (Å²) < 4.78 is 10.4. The molecule has 0 saturated heterocycles. The Kier molecular flexibility index (Phi) is 5.84. The Bertz CT molecular complexity index is 340. The smallest absolute Gasteiger partial charge is 0.407 e. The second-order valence-electron chi connectivity index (χ2n) is 6.42. The Morgan fingerprint density at radius 1 is 1.15 bits per heavy atom. The van der Waals surface area contributed by atoms with Gasteiger partial charge in [0.2, 0.25) is 0 Å². The van der Waals surface area contributed by atoms with E-state index >= 15 is 0 Å². The zero-order valence-corrected chi connectivity index (χ0v) is 13.1. The lowest BCUT2D eigenvalue weighted by atomic mass is 9.74. The predicted molar refractivity (Wildman–Crippen MR) is 76.4 cm³/mol. The Balaban J connectivity index is 2.61. The first kappa shape index (κ1) is 16.8. The normalized spacial score (nSPS) is 18.2. The standard InChI is InChI=1S/C15H27NO4/c1-5-19-12(17)15(9-7-6-8-10-15)11-16-13(18)20-14(2,3)4/h5-11H2,1-4H3,(H,16,18). The second kappa shape index (κ2) is 6.95. The summed E-state index contributed by atoms with van der Waals surface area (Å²) in [4.78, 5) is 23.9. The highest BCUT2D eigenvalue weighted by atomic mass is 16.6. The van der Waals surface area contributed by atoms with Gasteiger partial charge < -0.3 is 14.8 Å². The molecule has 116 valence electrons. The molecule has 20 heavy (non-hydrogen) atoms. The maximum absolute atomic E-state index is 12.2. The lowest BCUT2D eigenvalue weighted by Crippen LogP contribution is -2.46. The first-order valence-electron chi connectivity index (χ1n) is 7.43. The summed E-state index contributed by atoms with van der Waals surface area (Å²) in [6.45, 7) is 7.90. The van der Waals surface area contributed by atoms with Gasteiger partial charge in [0.15, 0.2) is 0 Å². The van der Waals surface area contributed by atoms with Crippen LogP contribution in [0.2, 0.25) is 0 Å². The van der Waals surface area contributed by atoms with Gasteiger partial charge >= 0.3 is 12.1 Å². The number of rotatable bonds is 4. The van der Waals surface area contributed by atoms with Gasteiger partial charge in [-0.25, -0.2) is 4.79 Å². The largest absolute Gasteiger partial charge is 0.466 e. The van der Waals surface area contributed by atoms with E-state index in [4.69, 9.17) is 9.47 Å². The summed E-state index contributed by atoms with van der Waals surface area (Å²) in [5.74, 6) is -0.198. The lowest BCUT2D eigenvalue weighted by molar-refractivity contribution is -0.157. The van der Waals surface area contributed by atoms with Crippen LogP contribution in [0.3, 0.4) is 0 Å². The number of amides is 1. The highest BCUT2D eigenvalue weighted by Gasteiger charge is 2.41. The third-order valence-electron chi connectivity index (χ3n) is 3.49. The van der Waals surface area contributed by atoms with E-state index in [1.807, 2.05) is 20.8 Å². The molecule has 0 atom stereocenters. The van der Waals surface area contributed by atoms with E-state index in [0.29, 0.717) is 13.2 Å². The Hall–Kier alpha value is -1.26. The van der Waals surface area contributed by atoms with Crippen LogP contribution in [0.1, 0.15) is 59.8 Å². The number of carbonyl (C=O) groups is 2. The van der Waals surface area contributed by atoms with Gasteiger partial charge in [-0.2, -0.15) is 0 Å². The lowest BCUT2D eigenvalue weighted by Gasteiger charge is -2.35. The average Bonchev–Trinajstić information content (AvgIpc) is 2.36. The molecule has 0 radical (unpaired) electrons. The van der Waals surface area contributed by atoms with Gasteiger partial charge in [-0.05, 0) is 40.5 Å². The number of nitrogens with one attached hydrogen (secondary N) is 1. The van der Waals surface area contributed by atoms with Crippen LogP contribution < -0.4 is 5.32 Å². The van der Waals surface area contributed by atoms with Crippen molar-refractivity contribution in [2.24, 2.45) is 5.41 Å². The zero-order chi connectivity index (χ0) is 15.2. The minimum atomic E-state index is -0.578. The number of hydrogen-bond donors (Lipinski definition) is 1. The van der Waals surface area contributed by atoms with E-state index in [0.717, 1.165) is 32.1 Å². The molecule has 0 unspecified atom stereocenters. The molecule has 1 saturated carbocycles. The second-order valence-corrected chi connectivity index (χ2v) is 6.42. The third-order valence-corrected chi connectivity index (χ3v) is 3.49. The maximum atomic E-state index is 12.2. The van der Waals surface area contributed by atoms with Gasteiger partial charge in [-0.1, -0.05) is 19.3 Å². The number of alkyl carbamates (subject to hydrolysis) is 1. The van der Waals surface area contributed by atoms with Gasteiger partial charge in [0, 0.05) is 6.54 Å². The van der Waals surface area contributed by atoms with Crippen LogP contribution >= 0.6 is 0 Å². The van der Waals surface area contributed by atoms with Crippen LogP contribution in [-0.4, -0.2) is 30.8 Å². The molecule has 1 fully saturated rings. The molecule has 5 heteroatoms. The van der Waals surface area contributed by atoms with Crippen LogP contribution in [0, 0.1) is 5.41 Å². The Labute approximate surface area is 121 Å². The predicted octanol–water partition coefficient (Wildman–Crippen LogP) is 3.02. The molecule has 5 nitrogen and oxygen atoms in total. The zero-order valence-electron chi connectivity index (χ0n) is 13.1. The molecule has 1 N–H and O–H groups in total. The Morgan fingerprint density at radius 2 is 1.75 bits per heavy atom. The van der Waals surface area contributed by atoms with Crippen LogP contribution in [0.25, 0.3) is 0 Å². The molecule has 0 aromatic heterocycles. The van der Waals surface area contributed by atoms with Crippen LogP contribution in [0.5, 0.6) is 0 Å². The molecule has 1 aliphatic carbocycles. The van der Waals surface area contributed by atoms with E-state index in [2.05, 4.69) is 5.32 Å². The summed E-state index contributed by atoms with van der Waals surface area (Å²) in [7, 11) is 0. The van der Waals surface area contributed by atoms with E-state index in [-0.39, 0.29) is 5.97 Å². The number of esters is 1. The summed E-state index contributed by atoms with van der Waals surface area (Å²) in [6, 6.07) is 0.